The normalized spacial score (nSPS) is 13.4. The Morgan fingerprint density at radius 1 is 1.08 bits per heavy atom. The van der Waals surface area contributed by atoms with Crippen LogP contribution in [0.25, 0.3) is 0 Å². The lowest BCUT2D eigenvalue weighted by Gasteiger charge is -2.16. The minimum atomic E-state index is -0.412. The van der Waals surface area contributed by atoms with E-state index in [2.05, 4.69) is 25.9 Å². The van der Waals surface area contributed by atoms with Crippen molar-refractivity contribution in [2.45, 2.75) is 12.8 Å². The summed E-state index contributed by atoms with van der Waals surface area (Å²) < 4.78 is 0. The molecule has 1 aromatic heterocycles. The van der Waals surface area contributed by atoms with E-state index in [0.29, 0.717) is 17.3 Å². The predicted molar refractivity (Wildman–Crippen MR) is 101 cm³/mol. The lowest BCUT2D eigenvalue weighted by molar-refractivity contribution is 0.102. The molecule has 0 radical (unpaired) electrons. The van der Waals surface area contributed by atoms with Gasteiger partial charge in [0.1, 0.15) is 0 Å². The Bertz CT molecular complexity index is 805. The molecule has 1 aliphatic heterocycles. The summed E-state index contributed by atoms with van der Waals surface area (Å²) in [4.78, 5) is 34.4. The third-order valence-corrected chi connectivity index (χ3v) is 4.24. The number of anilines is 3. The van der Waals surface area contributed by atoms with Gasteiger partial charge in [0.15, 0.2) is 5.69 Å². The molecule has 3 amide bonds. The molecule has 9 heteroatoms. The maximum Gasteiger partial charge on any atom is 0.318 e. The highest BCUT2D eigenvalue weighted by atomic mass is 35.5. The highest BCUT2D eigenvalue weighted by molar-refractivity contribution is 6.34. The largest absolute Gasteiger partial charge is 0.341 e. The van der Waals surface area contributed by atoms with Crippen LogP contribution in [0.2, 0.25) is 5.02 Å². The summed E-state index contributed by atoms with van der Waals surface area (Å²) in [6.07, 6.45) is 3.63. The second-order valence-electron chi connectivity index (χ2n) is 5.80. The molecule has 0 unspecified atom stereocenters. The molecular weight excluding hydrogens is 356 g/mol. The lowest BCUT2D eigenvalue weighted by Crippen LogP contribution is -2.24. The van der Waals surface area contributed by atoms with E-state index in [1.807, 2.05) is 4.90 Å². The number of hydrogen-bond acceptors (Lipinski definition) is 5. The first kappa shape index (κ1) is 17.9. The van der Waals surface area contributed by atoms with Crippen molar-refractivity contribution in [2.75, 3.05) is 35.7 Å². The molecule has 26 heavy (non-hydrogen) atoms. The quantitative estimate of drug-likeness (QED) is 0.764. The summed E-state index contributed by atoms with van der Waals surface area (Å²) in [5.41, 5.74) is 1.31. The number of aromatic nitrogens is 2. The van der Waals surface area contributed by atoms with Gasteiger partial charge >= 0.3 is 6.03 Å². The summed E-state index contributed by atoms with van der Waals surface area (Å²) in [5, 5.41) is 8.05. The number of rotatable bonds is 4. The highest BCUT2D eigenvalue weighted by Gasteiger charge is 2.19. The Morgan fingerprint density at radius 3 is 2.31 bits per heavy atom. The first-order valence-electron chi connectivity index (χ1n) is 8.24. The van der Waals surface area contributed by atoms with Crippen LogP contribution in [0.3, 0.4) is 0 Å². The van der Waals surface area contributed by atoms with Crippen molar-refractivity contribution in [1.82, 2.24) is 15.3 Å². The first-order valence-corrected chi connectivity index (χ1v) is 8.62. The summed E-state index contributed by atoms with van der Waals surface area (Å²) in [6.45, 7) is 1.75. The molecule has 1 aromatic carbocycles. The maximum atomic E-state index is 12.5. The van der Waals surface area contributed by atoms with Crippen LogP contribution >= 0.6 is 11.6 Å². The number of amides is 3. The average molecular weight is 375 g/mol. The topological polar surface area (TPSA) is 99.2 Å². The van der Waals surface area contributed by atoms with Gasteiger partial charge in [-0.1, -0.05) is 11.6 Å². The lowest BCUT2D eigenvalue weighted by atomic mass is 10.2. The maximum absolute atomic E-state index is 12.5. The Balaban J connectivity index is 1.71. The number of nitrogens with zero attached hydrogens (tertiary/aromatic N) is 3. The van der Waals surface area contributed by atoms with Gasteiger partial charge in [0.25, 0.3) is 5.91 Å². The minimum Gasteiger partial charge on any atom is -0.341 e. The van der Waals surface area contributed by atoms with Crippen molar-refractivity contribution < 1.29 is 9.59 Å². The Morgan fingerprint density at radius 2 is 1.69 bits per heavy atom. The number of hydrogen-bond donors (Lipinski definition) is 3. The van der Waals surface area contributed by atoms with E-state index >= 15 is 0 Å². The third kappa shape index (κ3) is 4.20. The Labute approximate surface area is 156 Å². The van der Waals surface area contributed by atoms with Crippen LogP contribution < -0.4 is 20.9 Å². The van der Waals surface area contributed by atoms with Gasteiger partial charge in [0.05, 0.1) is 11.2 Å². The number of carbonyl (C=O) groups excluding carboxylic acids is 2. The van der Waals surface area contributed by atoms with Crippen LogP contribution in [0.1, 0.15) is 23.3 Å². The molecule has 2 aromatic rings. The molecule has 1 fully saturated rings. The smallest absolute Gasteiger partial charge is 0.318 e. The SMILES string of the molecule is CNC(=O)Nc1ccc(NC(=O)c2nc(N3CCCC3)ncc2Cl)cc1. The van der Waals surface area contributed by atoms with Crippen molar-refractivity contribution in [3.63, 3.8) is 0 Å². The van der Waals surface area contributed by atoms with E-state index in [-0.39, 0.29) is 16.7 Å². The molecule has 3 N–H and O–H groups in total. The number of nitrogens with one attached hydrogen (secondary N) is 3. The summed E-state index contributed by atoms with van der Waals surface area (Å²) in [5.74, 6) is 0.104. The zero-order valence-corrected chi connectivity index (χ0v) is 15.0. The summed E-state index contributed by atoms with van der Waals surface area (Å²) in [6, 6.07) is 6.41. The van der Waals surface area contributed by atoms with Crippen molar-refractivity contribution in [3.05, 3.63) is 41.2 Å². The van der Waals surface area contributed by atoms with Gasteiger partial charge in [-0.05, 0) is 37.1 Å². The van der Waals surface area contributed by atoms with Gasteiger partial charge in [0.2, 0.25) is 5.95 Å². The van der Waals surface area contributed by atoms with Gasteiger partial charge in [0, 0.05) is 31.5 Å². The number of urea groups is 1. The van der Waals surface area contributed by atoms with Crippen LogP contribution in [-0.4, -0.2) is 42.0 Å². The van der Waals surface area contributed by atoms with Crippen LogP contribution in [0.4, 0.5) is 22.1 Å². The Kier molecular flexibility index (Phi) is 5.52. The van der Waals surface area contributed by atoms with Gasteiger partial charge in [-0.15, -0.1) is 0 Å². The average Bonchev–Trinajstić information content (AvgIpc) is 3.18. The molecule has 8 nitrogen and oxygen atoms in total. The zero-order valence-electron chi connectivity index (χ0n) is 14.3. The fourth-order valence-electron chi connectivity index (χ4n) is 2.61. The number of carbonyl (C=O) groups is 2. The van der Waals surface area contributed by atoms with Crippen LogP contribution in [0.15, 0.2) is 30.5 Å². The number of halogens is 1. The van der Waals surface area contributed by atoms with Gasteiger partial charge < -0.3 is 20.9 Å². The highest BCUT2D eigenvalue weighted by Crippen LogP contribution is 2.21. The van der Waals surface area contributed by atoms with Crippen LogP contribution in [-0.2, 0) is 0 Å². The minimum absolute atomic E-state index is 0.135. The second-order valence-corrected chi connectivity index (χ2v) is 6.20. The molecule has 1 saturated heterocycles. The van der Waals surface area contributed by atoms with E-state index in [1.54, 1.807) is 24.3 Å². The molecule has 0 spiro atoms. The fraction of sp³-hybridized carbons (Fsp3) is 0.294. The standard InChI is InChI=1S/C17H19ClN6O2/c1-19-17(26)22-12-6-4-11(5-7-12)21-15(25)14-13(18)10-20-16(23-14)24-8-2-3-9-24/h4-7,10H,2-3,8-9H2,1H3,(H,21,25)(H2,19,22,26). The second kappa shape index (κ2) is 8.01. The molecule has 2 heterocycles. The summed E-state index contributed by atoms with van der Waals surface area (Å²) >= 11 is 6.10. The van der Waals surface area contributed by atoms with E-state index < -0.39 is 5.91 Å². The van der Waals surface area contributed by atoms with Gasteiger partial charge in [-0.25, -0.2) is 14.8 Å². The van der Waals surface area contributed by atoms with Gasteiger partial charge in [-0.2, -0.15) is 0 Å². The molecule has 3 rings (SSSR count). The first-order chi connectivity index (χ1) is 12.6. The number of benzene rings is 1. The molecule has 136 valence electrons. The molecule has 0 atom stereocenters. The van der Waals surface area contributed by atoms with Crippen molar-refractivity contribution in [1.29, 1.82) is 0 Å². The van der Waals surface area contributed by atoms with Crippen molar-refractivity contribution in [3.8, 4) is 0 Å². The molecule has 0 saturated carbocycles. The van der Waals surface area contributed by atoms with E-state index in [1.165, 1.54) is 13.2 Å². The zero-order chi connectivity index (χ0) is 18.5. The fourth-order valence-corrected chi connectivity index (χ4v) is 2.78. The van der Waals surface area contributed by atoms with Gasteiger partial charge in [-0.3, -0.25) is 4.79 Å². The van der Waals surface area contributed by atoms with Crippen molar-refractivity contribution >= 4 is 40.9 Å². The molecule has 0 aliphatic carbocycles. The van der Waals surface area contributed by atoms with Crippen LogP contribution in [0.5, 0.6) is 0 Å². The Hall–Kier alpha value is -2.87. The van der Waals surface area contributed by atoms with E-state index in [4.69, 9.17) is 11.6 Å². The van der Waals surface area contributed by atoms with E-state index in [9.17, 15) is 9.59 Å². The molecule has 1 aliphatic rings. The molecule has 0 bridgehead atoms. The van der Waals surface area contributed by atoms with Crippen LogP contribution in [0, 0.1) is 0 Å². The summed E-state index contributed by atoms with van der Waals surface area (Å²) in [7, 11) is 1.53. The molecular formula is C17H19ClN6O2. The monoisotopic (exact) mass is 374 g/mol. The van der Waals surface area contributed by atoms with Crippen molar-refractivity contribution in [2.24, 2.45) is 0 Å². The van der Waals surface area contributed by atoms with E-state index in [0.717, 1.165) is 25.9 Å². The third-order valence-electron chi connectivity index (χ3n) is 3.96. The predicted octanol–water partition coefficient (Wildman–Crippen LogP) is 2.73.